The lowest BCUT2D eigenvalue weighted by molar-refractivity contribution is 0.0735. The number of nitrogen functional groups attached to an aromatic ring is 1. The molecule has 0 aromatic heterocycles. The van der Waals surface area contributed by atoms with Crippen molar-refractivity contribution in [3.63, 3.8) is 0 Å². The van der Waals surface area contributed by atoms with E-state index >= 15 is 0 Å². The highest BCUT2D eigenvalue weighted by Gasteiger charge is 2.13. The zero-order valence-corrected chi connectivity index (χ0v) is 16.3. The second kappa shape index (κ2) is 7.72. The molecule has 0 bridgehead atoms. The fraction of sp³-hybridized carbons (Fsp3) is 0.217. The zero-order valence-electron chi connectivity index (χ0n) is 16.3. The van der Waals surface area contributed by atoms with Crippen LogP contribution in [0.1, 0.15) is 36.7 Å². The molecule has 3 aromatic carbocycles. The van der Waals surface area contributed by atoms with Crippen LogP contribution in [0.5, 0.6) is 11.5 Å². The maximum absolute atomic E-state index is 12.4. The molecule has 0 aliphatic heterocycles. The number of amidine groups is 1. The molecule has 0 amide bonds. The van der Waals surface area contributed by atoms with Gasteiger partial charge in [0, 0.05) is 5.56 Å². The number of nitrogens with two attached hydrogens (primary N) is 1. The van der Waals surface area contributed by atoms with Crippen LogP contribution in [0, 0.1) is 10.8 Å². The maximum atomic E-state index is 12.4. The molecule has 0 atom stereocenters. The van der Waals surface area contributed by atoms with E-state index in [1.807, 2.05) is 18.2 Å². The van der Waals surface area contributed by atoms with Crippen molar-refractivity contribution in [2.45, 2.75) is 20.8 Å². The smallest absolute Gasteiger partial charge is 0.343 e. The molecule has 0 saturated carbocycles. The first-order valence-corrected chi connectivity index (χ1v) is 9.04. The summed E-state index contributed by atoms with van der Waals surface area (Å²) < 4.78 is 11.2. The molecule has 0 spiro atoms. The van der Waals surface area contributed by atoms with Crippen molar-refractivity contribution in [2.75, 3.05) is 6.61 Å². The zero-order chi connectivity index (χ0) is 20.3. The summed E-state index contributed by atoms with van der Waals surface area (Å²) >= 11 is 0. The molecule has 5 heteroatoms. The van der Waals surface area contributed by atoms with Crippen molar-refractivity contribution in [2.24, 2.45) is 11.1 Å². The first-order valence-electron chi connectivity index (χ1n) is 9.04. The molecule has 3 aromatic rings. The van der Waals surface area contributed by atoms with E-state index < -0.39 is 5.97 Å². The monoisotopic (exact) mass is 376 g/mol. The van der Waals surface area contributed by atoms with Gasteiger partial charge in [0.25, 0.3) is 0 Å². The van der Waals surface area contributed by atoms with Crippen LogP contribution in [0.2, 0.25) is 0 Å². The summed E-state index contributed by atoms with van der Waals surface area (Å²) in [6.45, 7) is 6.90. The first-order chi connectivity index (χ1) is 13.2. The number of nitrogens with one attached hydrogen (secondary N) is 1. The standard InChI is InChI=1S/C23H24N2O3/c1-23(2,3)14-27-19-9-6-15(7-10-19)22(26)28-20-11-8-16-12-18(21(24)25)5-4-17(16)13-20/h4-13H,14H2,1-3H3,(H3,24,25). The Morgan fingerprint density at radius 2 is 1.46 bits per heavy atom. The molecule has 0 aliphatic carbocycles. The fourth-order valence-electron chi connectivity index (χ4n) is 2.61. The van der Waals surface area contributed by atoms with E-state index in [1.165, 1.54) is 0 Å². The normalized spacial score (nSPS) is 11.2. The molecule has 5 nitrogen and oxygen atoms in total. The molecule has 0 saturated heterocycles. The van der Waals surface area contributed by atoms with Crippen LogP contribution in [0.4, 0.5) is 0 Å². The summed E-state index contributed by atoms with van der Waals surface area (Å²) in [5.74, 6) is 0.772. The molecule has 3 N–H and O–H groups in total. The van der Waals surface area contributed by atoms with Crippen LogP contribution >= 0.6 is 0 Å². The lowest BCUT2D eigenvalue weighted by Crippen LogP contribution is -2.17. The quantitative estimate of drug-likeness (QED) is 0.291. The van der Waals surface area contributed by atoms with Gasteiger partial charge >= 0.3 is 5.97 Å². The fourth-order valence-corrected chi connectivity index (χ4v) is 2.61. The largest absolute Gasteiger partial charge is 0.493 e. The molecule has 144 valence electrons. The van der Waals surface area contributed by atoms with Crippen molar-refractivity contribution in [1.29, 1.82) is 5.41 Å². The van der Waals surface area contributed by atoms with Gasteiger partial charge in [-0.15, -0.1) is 0 Å². The third-order valence-electron chi connectivity index (χ3n) is 4.10. The number of ether oxygens (including phenoxy) is 2. The summed E-state index contributed by atoms with van der Waals surface area (Å²) in [5, 5.41) is 9.34. The van der Waals surface area contributed by atoms with Crippen LogP contribution < -0.4 is 15.2 Å². The number of hydrogen-bond donors (Lipinski definition) is 2. The number of esters is 1. The average molecular weight is 376 g/mol. The number of fused-ring (bicyclic) bond motifs is 1. The van der Waals surface area contributed by atoms with Gasteiger partial charge in [0.1, 0.15) is 17.3 Å². The molecule has 0 unspecified atom stereocenters. The SMILES string of the molecule is CC(C)(C)COc1ccc(C(=O)Oc2ccc3cc(C(=N)N)ccc3c2)cc1. The number of rotatable bonds is 5. The Morgan fingerprint density at radius 3 is 2.11 bits per heavy atom. The lowest BCUT2D eigenvalue weighted by Gasteiger charge is -2.18. The molecule has 3 rings (SSSR count). The Morgan fingerprint density at radius 1 is 0.893 bits per heavy atom. The van der Waals surface area contributed by atoms with Gasteiger partial charge in [-0.05, 0) is 58.7 Å². The Kier molecular flexibility index (Phi) is 5.36. The summed E-state index contributed by atoms with van der Waals surface area (Å²) in [6, 6.07) is 17.7. The average Bonchev–Trinajstić information content (AvgIpc) is 2.65. The van der Waals surface area contributed by atoms with Gasteiger partial charge in [0.15, 0.2) is 0 Å². The summed E-state index contributed by atoms with van der Waals surface area (Å²) in [4.78, 5) is 12.4. The Hall–Kier alpha value is -3.34. The Bertz CT molecular complexity index is 1020. The van der Waals surface area contributed by atoms with Crippen LogP contribution in [0.25, 0.3) is 10.8 Å². The van der Waals surface area contributed by atoms with E-state index in [4.69, 9.17) is 20.6 Å². The van der Waals surface area contributed by atoms with E-state index in [0.29, 0.717) is 23.5 Å². The van der Waals surface area contributed by atoms with E-state index in [0.717, 1.165) is 16.5 Å². The second-order valence-electron chi connectivity index (χ2n) is 7.90. The minimum Gasteiger partial charge on any atom is -0.493 e. The number of benzene rings is 3. The van der Waals surface area contributed by atoms with Crippen LogP contribution in [-0.4, -0.2) is 18.4 Å². The van der Waals surface area contributed by atoms with Gasteiger partial charge in [0.2, 0.25) is 0 Å². The minimum absolute atomic E-state index is 0.0207. The summed E-state index contributed by atoms with van der Waals surface area (Å²) in [7, 11) is 0. The van der Waals surface area contributed by atoms with E-state index in [2.05, 4.69) is 20.8 Å². The predicted molar refractivity (Wildman–Crippen MR) is 111 cm³/mol. The van der Waals surface area contributed by atoms with Gasteiger partial charge < -0.3 is 15.2 Å². The summed E-state index contributed by atoms with van der Waals surface area (Å²) in [6.07, 6.45) is 0. The van der Waals surface area contributed by atoms with Crippen molar-refractivity contribution in [1.82, 2.24) is 0 Å². The van der Waals surface area contributed by atoms with Gasteiger partial charge in [0.05, 0.1) is 12.2 Å². The Labute approximate surface area is 164 Å². The topological polar surface area (TPSA) is 85.4 Å². The molecular formula is C23H24N2O3. The lowest BCUT2D eigenvalue weighted by atomic mass is 9.99. The highest BCUT2D eigenvalue weighted by Crippen LogP contribution is 2.23. The third-order valence-corrected chi connectivity index (χ3v) is 4.10. The number of carbonyl (C=O) groups excluding carboxylic acids is 1. The number of carbonyl (C=O) groups is 1. The van der Waals surface area contributed by atoms with Gasteiger partial charge in [-0.2, -0.15) is 0 Å². The third kappa shape index (κ3) is 4.88. The van der Waals surface area contributed by atoms with Crippen LogP contribution in [0.3, 0.4) is 0 Å². The highest BCUT2D eigenvalue weighted by atomic mass is 16.5. The number of hydrogen-bond acceptors (Lipinski definition) is 4. The first kappa shape index (κ1) is 19.4. The molecule has 0 radical (unpaired) electrons. The molecule has 0 fully saturated rings. The van der Waals surface area contributed by atoms with Crippen molar-refractivity contribution < 1.29 is 14.3 Å². The van der Waals surface area contributed by atoms with Crippen molar-refractivity contribution in [3.05, 3.63) is 71.8 Å². The van der Waals surface area contributed by atoms with Crippen LogP contribution in [-0.2, 0) is 0 Å². The van der Waals surface area contributed by atoms with Crippen molar-refractivity contribution in [3.8, 4) is 11.5 Å². The molecule has 28 heavy (non-hydrogen) atoms. The molecule has 0 aliphatic rings. The predicted octanol–water partition coefficient (Wildman–Crippen LogP) is 4.77. The minimum atomic E-state index is -0.429. The summed E-state index contributed by atoms with van der Waals surface area (Å²) in [5.41, 5.74) is 6.70. The Balaban J connectivity index is 1.70. The van der Waals surface area contributed by atoms with Gasteiger partial charge in [-0.1, -0.05) is 39.0 Å². The van der Waals surface area contributed by atoms with Gasteiger partial charge in [-0.25, -0.2) is 4.79 Å². The molecular weight excluding hydrogens is 352 g/mol. The van der Waals surface area contributed by atoms with Crippen LogP contribution in [0.15, 0.2) is 60.7 Å². The van der Waals surface area contributed by atoms with E-state index in [9.17, 15) is 4.79 Å². The van der Waals surface area contributed by atoms with E-state index in [-0.39, 0.29) is 11.3 Å². The highest BCUT2D eigenvalue weighted by molar-refractivity contribution is 5.99. The van der Waals surface area contributed by atoms with E-state index in [1.54, 1.807) is 42.5 Å². The second-order valence-corrected chi connectivity index (χ2v) is 7.90. The van der Waals surface area contributed by atoms with Crippen molar-refractivity contribution >= 4 is 22.6 Å². The molecule has 0 heterocycles. The maximum Gasteiger partial charge on any atom is 0.343 e. The van der Waals surface area contributed by atoms with Gasteiger partial charge in [-0.3, -0.25) is 5.41 Å².